The number of hydrogen-bond acceptors (Lipinski definition) is 3. The maximum atomic E-state index is 14.1. The number of aryl methyl sites for hydroxylation is 2. The molecule has 0 spiro atoms. The van der Waals surface area contributed by atoms with Gasteiger partial charge < -0.3 is 0 Å². The average molecular weight is 703 g/mol. The Kier molecular flexibility index (Phi) is 9.31. The topological polar surface area (TPSA) is 43.4 Å². The molecule has 0 aromatic heterocycles. The van der Waals surface area contributed by atoms with Crippen molar-refractivity contribution in [1.82, 2.24) is 0 Å². The summed E-state index contributed by atoms with van der Waals surface area (Å²) in [6.45, 7) is 4.43. The molecule has 0 N–H and O–H groups in total. The molecule has 6 rings (SSSR count). The summed E-state index contributed by atoms with van der Waals surface area (Å²) in [4.78, 5) is 0.216. The second-order valence-corrected chi connectivity index (χ2v) is 17.9. The Morgan fingerprint density at radius 1 is 0.558 bits per heavy atom. The average Bonchev–Trinajstić information content (AvgIpc) is 3.03. The van der Waals surface area contributed by atoms with Crippen molar-refractivity contribution in [2.45, 2.75) is 70.1 Å². The number of unbranched alkanes of at least 4 members (excludes halogenated alkanes) is 4. The fraction of sp³-hybridized carbons (Fsp3) is 0.263. The monoisotopic (exact) mass is 702 g/mol. The van der Waals surface area contributed by atoms with Crippen LogP contribution in [0, 0.1) is 7.14 Å². The van der Waals surface area contributed by atoms with Crippen LogP contribution < -0.4 is 0 Å². The molecular formula is C38H39IO3S. The zero-order valence-corrected chi connectivity index (χ0v) is 28.0. The summed E-state index contributed by atoms with van der Waals surface area (Å²) in [5.74, 6) is 0. The van der Waals surface area contributed by atoms with E-state index in [1.54, 1.807) is 12.1 Å². The molecule has 6 aromatic carbocycles. The third-order valence-electron chi connectivity index (χ3n) is 8.23. The summed E-state index contributed by atoms with van der Waals surface area (Å²) in [6.07, 6.45) is 9.22. The van der Waals surface area contributed by atoms with Crippen LogP contribution in [0.3, 0.4) is 0 Å². The molecule has 0 amide bonds. The quantitative estimate of drug-likeness (QED) is 0.0684. The van der Waals surface area contributed by atoms with Gasteiger partial charge in [-0.2, -0.15) is 0 Å². The summed E-state index contributed by atoms with van der Waals surface area (Å²) in [5, 5.41) is 6.42. The summed E-state index contributed by atoms with van der Waals surface area (Å²) in [7, 11) is -4.03. The molecule has 0 fully saturated rings. The molecule has 0 atom stereocenters. The van der Waals surface area contributed by atoms with Crippen LogP contribution in [-0.4, -0.2) is 8.42 Å². The van der Waals surface area contributed by atoms with Gasteiger partial charge in [-0.1, -0.05) is 0 Å². The van der Waals surface area contributed by atoms with Gasteiger partial charge in [-0.25, -0.2) is 0 Å². The molecule has 0 aliphatic rings. The standard InChI is InChI=1S/C38H39IO3S/c1-3-5-7-10-28-14-22-34(23-15-28)39(35-24-16-29(17-25-35)11-8-6-4-2)42-43(40,41)36-26-32-20-18-30-12-9-13-31-19-21-33(27-36)38(32)37(30)31/h9,12-27H,3-8,10-11H2,1-2H3. The van der Waals surface area contributed by atoms with Gasteiger partial charge in [0.15, 0.2) is 0 Å². The summed E-state index contributed by atoms with van der Waals surface area (Å²) in [6, 6.07) is 35.0. The van der Waals surface area contributed by atoms with Gasteiger partial charge >= 0.3 is 265 Å². The van der Waals surface area contributed by atoms with Gasteiger partial charge in [0, 0.05) is 0 Å². The number of hydrogen-bond donors (Lipinski definition) is 0. The van der Waals surface area contributed by atoms with E-state index in [0.29, 0.717) is 0 Å². The first kappa shape index (κ1) is 30.0. The van der Waals surface area contributed by atoms with Crippen LogP contribution in [0.1, 0.15) is 63.5 Å². The predicted octanol–water partition coefficient (Wildman–Crippen LogP) is 10.9. The maximum absolute atomic E-state index is 14.1. The van der Waals surface area contributed by atoms with Crippen molar-refractivity contribution >= 4 is 62.7 Å². The van der Waals surface area contributed by atoms with E-state index in [-0.39, 0.29) is 4.90 Å². The summed E-state index contributed by atoms with van der Waals surface area (Å²) in [5.41, 5.74) is 2.57. The normalized spacial score (nSPS) is 12.5. The fourth-order valence-electron chi connectivity index (χ4n) is 5.88. The molecule has 0 aliphatic carbocycles. The van der Waals surface area contributed by atoms with Gasteiger partial charge in [0.05, 0.1) is 0 Å². The minimum absolute atomic E-state index is 0.216. The van der Waals surface area contributed by atoms with Crippen LogP contribution in [0.15, 0.2) is 108 Å². The molecular weight excluding hydrogens is 663 g/mol. The van der Waals surface area contributed by atoms with E-state index < -0.39 is 30.4 Å². The summed E-state index contributed by atoms with van der Waals surface area (Å²) >= 11 is -2.81. The number of rotatable bonds is 13. The minimum atomic E-state index is -4.03. The Bertz CT molecular complexity index is 1810. The molecule has 0 unspecified atom stereocenters. The molecule has 0 saturated carbocycles. The van der Waals surface area contributed by atoms with Gasteiger partial charge in [-0.05, 0) is 0 Å². The van der Waals surface area contributed by atoms with Gasteiger partial charge in [-0.15, -0.1) is 0 Å². The first-order valence-electron chi connectivity index (χ1n) is 15.5. The Hall–Kier alpha value is -3.00. The molecule has 0 heterocycles. The predicted molar refractivity (Wildman–Crippen MR) is 189 cm³/mol. The van der Waals surface area contributed by atoms with E-state index >= 15 is 0 Å². The third kappa shape index (κ3) is 6.59. The van der Waals surface area contributed by atoms with Crippen molar-refractivity contribution in [2.24, 2.45) is 0 Å². The molecule has 6 aromatic rings. The van der Waals surface area contributed by atoms with Crippen molar-refractivity contribution in [3.63, 3.8) is 0 Å². The molecule has 5 heteroatoms. The molecule has 0 aliphatic heterocycles. The molecule has 0 saturated heterocycles. The van der Waals surface area contributed by atoms with Crippen molar-refractivity contribution in [3.8, 4) is 0 Å². The van der Waals surface area contributed by atoms with E-state index in [1.165, 1.54) is 42.2 Å². The van der Waals surface area contributed by atoms with E-state index in [2.05, 4.69) is 92.7 Å². The zero-order chi connectivity index (χ0) is 29.8. The van der Waals surface area contributed by atoms with Crippen LogP contribution in [0.2, 0.25) is 0 Å². The van der Waals surface area contributed by atoms with Crippen molar-refractivity contribution < 1.29 is 10.9 Å². The SMILES string of the molecule is CCCCCc1ccc(I(OS(=O)(=O)c2cc3ccc4cccc5ccc(c2)c3c45)c2ccc(CCCCC)cc2)cc1. The summed E-state index contributed by atoms with van der Waals surface area (Å²) < 4.78 is 36.4. The van der Waals surface area contributed by atoms with Crippen LogP contribution in [-0.2, 0) is 25.5 Å². The molecule has 3 nitrogen and oxygen atoms in total. The Balaban J connectivity index is 1.36. The zero-order valence-electron chi connectivity index (χ0n) is 25.0. The van der Waals surface area contributed by atoms with E-state index in [4.69, 9.17) is 2.51 Å². The van der Waals surface area contributed by atoms with Gasteiger partial charge in [-0.3, -0.25) is 0 Å². The Labute approximate surface area is 263 Å². The van der Waals surface area contributed by atoms with Crippen LogP contribution >= 0.6 is 20.2 Å². The van der Waals surface area contributed by atoms with Crippen LogP contribution in [0.25, 0.3) is 32.3 Å². The third-order valence-corrected chi connectivity index (χ3v) is 15.5. The molecule has 43 heavy (non-hydrogen) atoms. The van der Waals surface area contributed by atoms with Crippen molar-refractivity contribution in [1.29, 1.82) is 0 Å². The molecule has 0 bridgehead atoms. The van der Waals surface area contributed by atoms with Crippen molar-refractivity contribution in [2.75, 3.05) is 0 Å². The second-order valence-electron chi connectivity index (χ2n) is 11.4. The first-order chi connectivity index (χ1) is 21.0. The van der Waals surface area contributed by atoms with E-state index in [9.17, 15) is 8.42 Å². The number of halogens is 1. The Morgan fingerprint density at radius 3 is 1.47 bits per heavy atom. The molecule has 222 valence electrons. The van der Waals surface area contributed by atoms with Crippen LogP contribution in [0.5, 0.6) is 0 Å². The molecule has 0 radical (unpaired) electrons. The van der Waals surface area contributed by atoms with Crippen LogP contribution in [0.4, 0.5) is 0 Å². The van der Waals surface area contributed by atoms with Gasteiger partial charge in [0.1, 0.15) is 0 Å². The van der Waals surface area contributed by atoms with Gasteiger partial charge in [0.25, 0.3) is 0 Å². The number of benzene rings is 6. The Morgan fingerprint density at radius 2 is 1.00 bits per heavy atom. The van der Waals surface area contributed by atoms with Crippen molar-refractivity contribution in [3.05, 3.63) is 121 Å². The first-order valence-corrected chi connectivity index (χ1v) is 19.9. The fourth-order valence-corrected chi connectivity index (χ4v) is 12.8. The van der Waals surface area contributed by atoms with E-state index in [1.807, 2.05) is 12.1 Å². The van der Waals surface area contributed by atoms with E-state index in [0.717, 1.165) is 59.8 Å². The second kappa shape index (κ2) is 13.3. The van der Waals surface area contributed by atoms with Gasteiger partial charge in [0.2, 0.25) is 0 Å².